The lowest BCUT2D eigenvalue weighted by Crippen LogP contribution is -2.19. The lowest BCUT2D eigenvalue weighted by atomic mass is 10.1. The number of ether oxygens (including phenoxy) is 1. The summed E-state index contributed by atoms with van der Waals surface area (Å²) in [5, 5.41) is 0. The molecule has 7 heteroatoms. The minimum Gasteiger partial charge on any atom is -0.436 e. The maximum atomic E-state index is 12.9. The standard InChI is InChI=1S/C20H19BrF2N2O2/c1-12-14(5-4-6-15(12)21)19-24-16-9-13(11-25-7-2-3-8-25)17(27-20(22)23)10-18(16)26-19/h4-6,9-10,20H,2-3,7-8,11H2,1H3. The molecule has 0 atom stereocenters. The van der Waals surface area contributed by atoms with E-state index in [1.165, 1.54) is 6.07 Å². The van der Waals surface area contributed by atoms with Crippen molar-refractivity contribution in [3.63, 3.8) is 0 Å². The van der Waals surface area contributed by atoms with Crippen LogP contribution in [0.4, 0.5) is 8.78 Å². The average Bonchev–Trinajstić information content (AvgIpc) is 3.26. The first kappa shape index (κ1) is 18.4. The van der Waals surface area contributed by atoms with Crippen LogP contribution in [-0.2, 0) is 6.54 Å². The molecule has 1 fully saturated rings. The van der Waals surface area contributed by atoms with Gasteiger partial charge in [0, 0.05) is 28.2 Å². The van der Waals surface area contributed by atoms with E-state index < -0.39 is 6.61 Å². The van der Waals surface area contributed by atoms with Gasteiger partial charge in [-0.2, -0.15) is 8.78 Å². The van der Waals surface area contributed by atoms with Gasteiger partial charge >= 0.3 is 6.61 Å². The molecule has 4 rings (SSSR count). The first-order valence-corrected chi connectivity index (χ1v) is 9.66. The highest BCUT2D eigenvalue weighted by molar-refractivity contribution is 9.10. The number of hydrogen-bond acceptors (Lipinski definition) is 4. The SMILES string of the molecule is Cc1c(Br)cccc1-c1nc2cc(CN3CCCC3)c(OC(F)F)cc2o1. The van der Waals surface area contributed by atoms with Crippen LogP contribution in [0.15, 0.2) is 39.2 Å². The highest BCUT2D eigenvalue weighted by Crippen LogP contribution is 2.34. The number of nitrogens with zero attached hydrogens (tertiary/aromatic N) is 2. The van der Waals surface area contributed by atoms with Gasteiger partial charge in [-0.1, -0.05) is 22.0 Å². The zero-order chi connectivity index (χ0) is 19.0. The third-order valence-corrected chi connectivity index (χ3v) is 5.74. The van der Waals surface area contributed by atoms with Gasteiger partial charge in [-0.25, -0.2) is 4.98 Å². The van der Waals surface area contributed by atoms with Gasteiger partial charge in [-0.3, -0.25) is 4.90 Å². The van der Waals surface area contributed by atoms with Crippen LogP contribution in [0.2, 0.25) is 0 Å². The molecule has 1 aliphatic rings. The molecule has 0 aliphatic carbocycles. The molecule has 1 saturated heterocycles. The number of oxazole rings is 1. The van der Waals surface area contributed by atoms with Crippen LogP contribution in [0.25, 0.3) is 22.6 Å². The summed E-state index contributed by atoms with van der Waals surface area (Å²) in [6.45, 7) is 1.59. The van der Waals surface area contributed by atoms with E-state index in [0.717, 1.165) is 41.5 Å². The van der Waals surface area contributed by atoms with Crippen molar-refractivity contribution in [2.75, 3.05) is 13.1 Å². The minimum atomic E-state index is -2.88. The van der Waals surface area contributed by atoms with E-state index in [1.807, 2.05) is 25.1 Å². The Balaban J connectivity index is 1.76. The van der Waals surface area contributed by atoms with Gasteiger partial charge in [-0.15, -0.1) is 0 Å². The second kappa shape index (κ2) is 7.56. The second-order valence-electron chi connectivity index (χ2n) is 6.72. The van der Waals surface area contributed by atoms with E-state index in [2.05, 4.69) is 25.8 Å². The number of fused-ring (bicyclic) bond motifs is 1. The Kier molecular flexibility index (Phi) is 5.14. The van der Waals surface area contributed by atoms with Gasteiger partial charge in [-0.05, 0) is 56.6 Å². The van der Waals surface area contributed by atoms with Crippen molar-refractivity contribution in [3.05, 3.63) is 45.9 Å². The summed E-state index contributed by atoms with van der Waals surface area (Å²) in [4.78, 5) is 6.83. The van der Waals surface area contributed by atoms with Crippen molar-refractivity contribution < 1.29 is 17.9 Å². The summed E-state index contributed by atoms with van der Waals surface area (Å²) in [7, 11) is 0. The monoisotopic (exact) mass is 436 g/mol. The molecule has 0 radical (unpaired) electrons. The van der Waals surface area contributed by atoms with Crippen LogP contribution in [-0.4, -0.2) is 29.6 Å². The third kappa shape index (κ3) is 3.84. The first-order chi connectivity index (χ1) is 13.0. The summed E-state index contributed by atoms with van der Waals surface area (Å²) in [6, 6.07) is 9.10. The molecular weight excluding hydrogens is 418 g/mol. The van der Waals surface area contributed by atoms with Gasteiger partial charge in [0.2, 0.25) is 5.89 Å². The number of likely N-dealkylation sites (tertiary alicyclic amines) is 1. The van der Waals surface area contributed by atoms with E-state index in [4.69, 9.17) is 9.15 Å². The first-order valence-electron chi connectivity index (χ1n) is 8.87. The predicted molar refractivity (Wildman–Crippen MR) is 103 cm³/mol. The lowest BCUT2D eigenvalue weighted by molar-refractivity contribution is -0.0506. The van der Waals surface area contributed by atoms with Crippen LogP contribution in [0.1, 0.15) is 24.0 Å². The zero-order valence-electron chi connectivity index (χ0n) is 14.8. The van der Waals surface area contributed by atoms with Crippen LogP contribution in [0.3, 0.4) is 0 Å². The van der Waals surface area contributed by atoms with Gasteiger partial charge in [0.25, 0.3) is 0 Å². The maximum absolute atomic E-state index is 12.9. The largest absolute Gasteiger partial charge is 0.436 e. The molecule has 4 nitrogen and oxygen atoms in total. The van der Waals surface area contributed by atoms with Crippen molar-refractivity contribution in [3.8, 4) is 17.2 Å². The molecule has 0 amide bonds. The van der Waals surface area contributed by atoms with Crippen molar-refractivity contribution in [1.29, 1.82) is 0 Å². The summed E-state index contributed by atoms with van der Waals surface area (Å²) in [5.41, 5.74) is 3.64. The quantitative estimate of drug-likeness (QED) is 0.509. The van der Waals surface area contributed by atoms with Crippen LogP contribution >= 0.6 is 15.9 Å². The van der Waals surface area contributed by atoms with E-state index in [9.17, 15) is 8.78 Å². The van der Waals surface area contributed by atoms with Crippen molar-refractivity contribution in [2.45, 2.75) is 32.9 Å². The molecule has 1 aliphatic heterocycles. The normalized spacial score (nSPS) is 15.1. The number of aromatic nitrogens is 1. The number of alkyl halides is 2. The molecule has 0 bridgehead atoms. The van der Waals surface area contributed by atoms with Crippen LogP contribution in [0.5, 0.6) is 5.75 Å². The molecule has 1 aromatic heterocycles. The van der Waals surface area contributed by atoms with Crippen molar-refractivity contribution >= 4 is 27.0 Å². The Labute approximate surface area is 164 Å². The Morgan fingerprint density at radius 3 is 2.78 bits per heavy atom. The van der Waals surface area contributed by atoms with Gasteiger partial charge in [0.15, 0.2) is 5.58 Å². The Bertz CT molecular complexity index is 968. The average molecular weight is 437 g/mol. The number of hydrogen-bond donors (Lipinski definition) is 0. The van der Waals surface area contributed by atoms with Gasteiger partial charge in [0.1, 0.15) is 11.3 Å². The number of rotatable bonds is 5. The maximum Gasteiger partial charge on any atom is 0.387 e. The summed E-state index contributed by atoms with van der Waals surface area (Å²) >= 11 is 3.51. The Morgan fingerprint density at radius 2 is 2.04 bits per heavy atom. The lowest BCUT2D eigenvalue weighted by Gasteiger charge is -2.17. The molecule has 142 valence electrons. The topological polar surface area (TPSA) is 38.5 Å². The second-order valence-corrected chi connectivity index (χ2v) is 7.58. The molecule has 0 saturated carbocycles. The van der Waals surface area contributed by atoms with Crippen molar-refractivity contribution in [1.82, 2.24) is 9.88 Å². The van der Waals surface area contributed by atoms with E-state index in [1.54, 1.807) is 6.07 Å². The molecule has 0 spiro atoms. The fourth-order valence-corrected chi connectivity index (χ4v) is 3.83. The molecule has 2 heterocycles. The molecule has 0 unspecified atom stereocenters. The number of halogens is 3. The molecule has 0 N–H and O–H groups in total. The van der Waals surface area contributed by atoms with Gasteiger partial charge < -0.3 is 9.15 Å². The van der Waals surface area contributed by atoms with E-state index >= 15 is 0 Å². The third-order valence-electron chi connectivity index (χ3n) is 4.88. The smallest absolute Gasteiger partial charge is 0.387 e. The van der Waals surface area contributed by atoms with Crippen LogP contribution < -0.4 is 4.74 Å². The van der Waals surface area contributed by atoms with E-state index in [-0.39, 0.29) is 5.75 Å². The predicted octanol–water partition coefficient (Wildman–Crippen LogP) is 5.76. The van der Waals surface area contributed by atoms with Crippen LogP contribution in [0, 0.1) is 6.92 Å². The Morgan fingerprint density at radius 1 is 1.26 bits per heavy atom. The van der Waals surface area contributed by atoms with Gasteiger partial charge in [0.05, 0.1) is 0 Å². The molecular formula is C20H19BrF2N2O2. The molecule has 2 aromatic carbocycles. The fraction of sp³-hybridized carbons (Fsp3) is 0.350. The highest BCUT2D eigenvalue weighted by atomic mass is 79.9. The summed E-state index contributed by atoms with van der Waals surface area (Å²) < 4.78 is 37.4. The highest BCUT2D eigenvalue weighted by Gasteiger charge is 2.20. The zero-order valence-corrected chi connectivity index (χ0v) is 16.4. The van der Waals surface area contributed by atoms with Crippen molar-refractivity contribution in [2.24, 2.45) is 0 Å². The Hall–Kier alpha value is -1.99. The summed E-state index contributed by atoms with van der Waals surface area (Å²) in [5.74, 6) is 0.614. The fourth-order valence-electron chi connectivity index (χ4n) is 3.46. The number of benzene rings is 2. The summed E-state index contributed by atoms with van der Waals surface area (Å²) in [6.07, 6.45) is 2.26. The molecule has 3 aromatic rings. The van der Waals surface area contributed by atoms with E-state index in [0.29, 0.717) is 29.1 Å². The molecule has 27 heavy (non-hydrogen) atoms. The minimum absolute atomic E-state index is 0.151.